The lowest BCUT2D eigenvalue weighted by Crippen LogP contribution is -2.07. The maximum atomic E-state index is 11.4. The number of H-pyrrole nitrogens is 1. The van der Waals surface area contributed by atoms with Gasteiger partial charge in [0, 0.05) is 35.2 Å². The molecule has 0 fully saturated rings. The minimum absolute atomic E-state index is 0.00924. The molecule has 0 amide bonds. The van der Waals surface area contributed by atoms with Gasteiger partial charge in [0.05, 0.1) is 11.3 Å². The molecular formula is C19H18N2O4. The molecule has 0 aliphatic carbocycles. The fraction of sp³-hybridized carbons (Fsp3) is 0.211. The van der Waals surface area contributed by atoms with Crippen LogP contribution in [0.15, 0.2) is 48.7 Å². The molecule has 3 rings (SSSR count). The summed E-state index contributed by atoms with van der Waals surface area (Å²) in [5.41, 5.74) is 3.81. The van der Waals surface area contributed by atoms with E-state index in [-0.39, 0.29) is 18.0 Å². The largest absolute Gasteiger partial charge is 0.481 e. The maximum absolute atomic E-state index is 11.4. The fourth-order valence-corrected chi connectivity index (χ4v) is 3.23. The first-order chi connectivity index (χ1) is 12.0. The second kappa shape index (κ2) is 6.76. The molecule has 1 atom stereocenters. The van der Waals surface area contributed by atoms with Crippen molar-refractivity contribution in [2.75, 3.05) is 0 Å². The van der Waals surface area contributed by atoms with Crippen LogP contribution in [0.2, 0.25) is 0 Å². The number of aromatic amines is 1. The highest BCUT2D eigenvalue weighted by atomic mass is 16.6. The number of benzene rings is 2. The third-order valence-electron chi connectivity index (χ3n) is 4.48. The summed E-state index contributed by atoms with van der Waals surface area (Å²) in [5.74, 6) is -1.29. The van der Waals surface area contributed by atoms with Crippen LogP contribution in [0.25, 0.3) is 10.9 Å². The molecule has 0 spiro atoms. The number of aromatic nitrogens is 1. The molecule has 2 N–H and O–H groups in total. The predicted molar refractivity (Wildman–Crippen MR) is 94.9 cm³/mol. The molecule has 0 saturated heterocycles. The third-order valence-corrected chi connectivity index (χ3v) is 4.48. The van der Waals surface area contributed by atoms with Gasteiger partial charge < -0.3 is 10.1 Å². The molecule has 128 valence electrons. The summed E-state index contributed by atoms with van der Waals surface area (Å²) in [5, 5.41) is 21.2. The number of nitro benzene ring substituents is 1. The second-order valence-electron chi connectivity index (χ2n) is 5.94. The predicted octanol–water partition coefficient (Wildman–Crippen LogP) is 4.25. The van der Waals surface area contributed by atoms with Crippen molar-refractivity contribution in [3.8, 4) is 0 Å². The molecule has 0 aliphatic heterocycles. The van der Waals surface area contributed by atoms with Crippen LogP contribution < -0.4 is 0 Å². The molecule has 6 heteroatoms. The minimum Gasteiger partial charge on any atom is -0.481 e. The van der Waals surface area contributed by atoms with Crippen LogP contribution in [-0.4, -0.2) is 21.0 Å². The smallest absolute Gasteiger partial charge is 0.304 e. The number of nitro groups is 1. The Balaban J connectivity index is 2.10. The number of para-hydroxylation sites is 1. The van der Waals surface area contributed by atoms with Gasteiger partial charge in [-0.05, 0) is 23.1 Å². The van der Waals surface area contributed by atoms with Crippen molar-refractivity contribution in [2.24, 2.45) is 0 Å². The Labute approximate surface area is 144 Å². The molecule has 1 aromatic heterocycles. The van der Waals surface area contributed by atoms with Crippen molar-refractivity contribution in [2.45, 2.75) is 25.7 Å². The average Bonchev–Trinajstić information content (AvgIpc) is 3.03. The Morgan fingerprint density at radius 1 is 1.24 bits per heavy atom. The first-order valence-corrected chi connectivity index (χ1v) is 8.06. The van der Waals surface area contributed by atoms with E-state index in [0.29, 0.717) is 0 Å². The van der Waals surface area contributed by atoms with Crippen LogP contribution in [0.4, 0.5) is 5.69 Å². The molecule has 0 radical (unpaired) electrons. The second-order valence-corrected chi connectivity index (χ2v) is 5.94. The lowest BCUT2D eigenvalue weighted by molar-refractivity contribution is -0.384. The number of nitrogens with zero attached hydrogens (tertiary/aromatic N) is 1. The van der Waals surface area contributed by atoms with E-state index in [1.165, 1.54) is 17.7 Å². The Bertz CT molecular complexity index is 928. The lowest BCUT2D eigenvalue weighted by atomic mass is 9.88. The van der Waals surface area contributed by atoms with Crippen molar-refractivity contribution < 1.29 is 14.8 Å². The van der Waals surface area contributed by atoms with Crippen molar-refractivity contribution in [3.05, 3.63) is 75.5 Å². The van der Waals surface area contributed by atoms with Crippen molar-refractivity contribution in [1.82, 2.24) is 4.98 Å². The Hall–Kier alpha value is -3.15. The van der Waals surface area contributed by atoms with Gasteiger partial charge in [-0.2, -0.15) is 0 Å². The Morgan fingerprint density at radius 3 is 2.56 bits per heavy atom. The molecule has 0 aliphatic rings. The zero-order valence-corrected chi connectivity index (χ0v) is 13.7. The van der Waals surface area contributed by atoms with Gasteiger partial charge in [0.2, 0.25) is 0 Å². The van der Waals surface area contributed by atoms with Gasteiger partial charge in [-0.1, -0.05) is 37.3 Å². The average molecular weight is 338 g/mol. The van der Waals surface area contributed by atoms with Crippen LogP contribution in [0.5, 0.6) is 0 Å². The third kappa shape index (κ3) is 3.24. The van der Waals surface area contributed by atoms with E-state index in [9.17, 15) is 20.0 Å². The summed E-state index contributed by atoms with van der Waals surface area (Å²) in [6.07, 6.45) is 2.64. The molecule has 1 heterocycles. The molecule has 0 bridgehead atoms. The molecule has 2 aromatic carbocycles. The zero-order valence-electron chi connectivity index (χ0n) is 13.7. The molecular weight excluding hydrogens is 320 g/mol. The van der Waals surface area contributed by atoms with E-state index in [0.717, 1.165) is 28.5 Å². The molecule has 25 heavy (non-hydrogen) atoms. The van der Waals surface area contributed by atoms with Gasteiger partial charge in [0.1, 0.15) is 0 Å². The van der Waals surface area contributed by atoms with Gasteiger partial charge in [-0.3, -0.25) is 14.9 Å². The van der Waals surface area contributed by atoms with Gasteiger partial charge in [-0.25, -0.2) is 0 Å². The van der Waals surface area contributed by atoms with E-state index in [4.69, 9.17) is 0 Å². The van der Waals surface area contributed by atoms with Crippen LogP contribution in [0.3, 0.4) is 0 Å². The number of carboxylic acid groups (broad SMARTS) is 1. The number of fused-ring (bicyclic) bond motifs is 1. The maximum Gasteiger partial charge on any atom is 0.304 e. The number of rotatable bonds is 6. The van der Waals surface area contributed by atoms with E-state index in [1.807, 2.05) is 24.4 Å². The minimum atomic E-state index is -0.913. The van der Waals surface area contributed by atoms with Crippen molar-refractivity contribution in [3.63, 3.8) is 0 Å². The summed E-state index contributed by atoms with van der Waals surface area (Å²) in [4.78, 5) is 25.0. The first-order valence-electron chi connectivity index (χ1n) is 8.06. The summed E-state index contributed by atoms with van der Waals surface area (Å²) in [6.45, 7) is 2.07. The number of carboxylic acids is 1. The SMILES string of the molecule is CCc1cccc2c([C@@H](CC(=O)O)c3ccc([N+](=O)[O-])cc3)c[nH]c12. The molecule has 3 aromatic rings. The number of aliphatic carboxylic acids is 1. The number of hydrogen-bond donors (Lipinski definition) is 2. The molecule has 0 unspecified atom stereocenters. The highest BCUT2D eigenvalue weighted by molar-refractivity contribution is 5.87. The molecule has 6 nitrogen and oxygen atoms in total. The standard InChI is InChI=1S/C19H18N2O4/c1-2-12-4-3-5-15-17(11-20-19(12)15)16(10-18(22)23)13-6-8-14(9-7-13)21(24)25/h3-9,11,16,20H,2,10H2,1H3,(H,22,23)/t16-/m0/s1. The summed E-state index contributed by atoms with van der Waals surface area (Å²) >= 11 is 0. The summed E-state index contributed by atoms with van der Waals surface area (Å²) in [6, 6.07) is 12.1. The normalized spacial score (nSPS) is 12.2. The summed E-state index contributed by atoms with van der Waals surface area (Å²) in [7, 11) is 0. The zero-order chi connectivity index (χ0) is 18.0. The first kappa shape index (κ1) is 16.7. The molecule has 0 saturated carbocycles. The number of nitrogens with one attached hydrogen (secondary N) is 1. The Morgan fingerprint density at radius 2 is 1.96 bits per heavy atom. The quantitative estimate of drug-likeness (QED) is 0.519. The van der Waals surface area contributed by atoms with Crippen LogP contribution in [0, 0.1) is 10.1 Å². The van der Waals surface area contributed by atoms with Crippen LogP contribution in [-0.2, 0) is 11.2 Å². The van der Waals surface area contributed by atoms with E-state index < -0.39 is 10.9 Å². The highest BCUT2D eigenvalue weighted by Crippen LogP contribution is 2.35. The highest BCUT2D eigenvalue weighted by Gasteiger charge is 2.22. The Kier molecular flexibility index (Phi) is 4.52. The van der Waals surface area contributed by atoms with Gasteiger partial charge in [0.15, 0.2) is 0 Å². The fourth-order valence-electron chi connectivity index (χ4n) is 3.23. The van der Waals surface area contributed by atoms with Gasteiger partial charge in [-0.15, -0.1) is 0 Å². The summed E-state index contributed by atoms with van der Waals surface area (Å²) < 4.78 is 0. The van der Waals surface area contributed by atoms with E-state index in [2.05, 4.69) is 11.9 Å². The monoisotopic (exact) mass is 338 g/mol. The van der Waals surface area contributed by atoms with Gasteiger partial charge in [0.25, 0.3) is 5.69 Å². The number of non-ortho nitro benzene ring substituents is 1. The number of carbonyl (C=O) groups is 1. The topological polar surface area (TPSA) is 96.2 Å². The lowest BCUT2D eigenvalue weighted by Gasteiger charge is -2.15. The van der Waals surface area contributed by atoms with E-state index >= 15 is 0 Å². The number of aryl methyl sites for hydroxylation is 1. The van der Waals surface area contributed by atoms with Crippen molar-refractivity contribution >= 4 is 22.6 Å². The van der Waals surface area contributed by atoms with E-state index in [1.54, 1.807) is 12.1 Å². The van der Waals surface area contributed by atoms with Crippen molar-refractivity contribution in [1.29, 1.82) is 0 Å². The number of hydrogen-bond acceptors (Lipinski definition) is 3. The van der Waals surface area contributed by atoms with Gasteiger partial charge >= 0.3 is 5.97 Å². The van der Waals surface area contributed by atoms with Crippen LogP contribution in [0.1, 0.15) is 36.0 Å². The van der Waals surface area contributed by atoms with Crippen LogP contribution >= 0.6 is 0 Å².